The predicted octanol–water partition coefficient (Wildman–Crippen LogP) is 5.71. The number of benzene rings is 2. The van der Waals surface area contributed by atoms with Crippen molar-refractivity contribution in [1.29, 1.82) is 5.26 Å². The zero-order valence-corrected chi connectivity index (χ0v) is 17.6. The van der Waals surface area contributed by atoms with Crippen molar-refractivity contribution < 1.29 is 14.0 Å². The lowest BCUT2D eigenvalue weighted by Gasteiger charge is -2.27. The van der Waals surface area contributed by atoms with E-state index in [0.29, 0.717) is 27.8 Å². The van der Waals surface area contributed by atoms with Crippen LogP contribution >= 0.6 is 11.6 Å². The fourth-order valence-corrected chi connectivity index (χ4v) is 3.55. The van der Waals surface area contributed by atoms with Crippen molar-refractivity contribution in [3.05, 3.63) is 93.7 Å². The number of anilines is 1. The molecule has 0 N–H and O–H groups in total. The van der Waals surface area contributed by atoms with Crippen LogP contribution in [0.15, 0.2) is 81.8 Å². The van der Waals surface area contributed by atoms with Crippen LogP contribution in [0.2, 0.25) is 5.02 Å². The van der Waals surface area contributed by atoms with Gasteiger partial charge in [-0.2, -0.15) is 5.26 Å². The molecule has 0 atom stereocenters. The minimum Gasteiger partial charge on any atom is -0.457 e. The van der Waals surface area contributed by atoms with Gasteiger partial charge in [0.2, 0.25) is 0 Å². The van der Waals surface area contributed by atoms with Crippen molar-refractivity contribution in [2.24, 2.45) is 0 Å². The molecule has 1 aromatic heterocycles. The lowest BCUT2D eigenvalue weighted by molar-refractivity contribution is -0.122. The first-order valence-corrected chi connectivity index (χ1v) is 9.91. The molecule has 2 heterocycles. The van der Waals surface area contributed by atoms with Crippen molar-refractivity contribution in [3.63, 3.8) is 0 Å². The average Bonchev–Trinajstić information content (AvgIpc) is 3.21. The van der Waals surface area contributed by atoms with Crippen molar-refractivity contribution in [3.8, 4) is 17.4 Å². The second-order valence-electron chi connectivity index (χ2n) is 7.16. The highest BCUT2D eigenvalue weighted by atomic mass is 35.5. The molecule has 1 aliphatic rings. The van der Waals surface area contributed by atoms with E-state index >= 15 is 0 Å². The molecule has 1 aliphatic heterocycles. The van der Waals surface area contributed by atoms with Gasteiger partial charge in [-0.05, 0) is 79.6 Å². The average molecular weight is 429 g/mol. The van der Waals surface area contributed by atoms with Crippen LogP contribution < -0.4 is 4.90 Å². The summed E-state index contributed by atoms with van der Waals surface area (Å²) < 4.78 is 5.88. The molecule has 152 valence electrons. The van der Waals surface area contributed by atoms with Gasteiger partial charge < -0.3 is 4.42 Å². The maximum atomic E-state index is 13.3. The van der Waals surface area contributed by atoms with Crippen LogP contribution in [-0.2, 0) is 9.59 Å². The molecule has 0 spiro atoms. The number of furan rings is 1. The third kappa shape index (κ3) is 3.81. The third-order valence-electron chi connectivity index (χ3n) is 5.04. The molecule has 0 saturated heterocycles. The van der Waals surface area contributed by atoms with Crippen LogP contribution in [0.25, 0.3) is 17.4 Å². The normalized spacial score (nSPS) is 15.5. The van der Waals surface area contributed by atoms with Crippen LogP contribution in [0.4, 0.5) is 5.69 Å². The van der Waals surface area contributed by atoms with Crippen molar-refractivity contribution in [1.82, 2.24) is 0 Å². The van der Waals surface area contributed by atoms with Gasteiger partial charge in [-0.1, -0.05) is 23.7 Å². The van der Waals surface area contributed by atoms with Crippen LogP contribution in [0.5, 0.6) is 0 Å². The van der Waals surface area contributed by atoms with E-state index in [4.69, 9.17) is 16.0 Å². The standard InChI is InChI=1S/C25H17ClN2O3/c1-15-4-3-5-19(12-15)28-24(29)21(16(2)22(14-27)25(28)30)13-20-10-11-23(31-20)17-6-8-18(26)9-7-17/h3-13H,1-2H3/b21-13+. The van der Waals surface area contributed by atoms with Gasteiger partial charge in [0.05, 0.1) is 5.69 Å². The van der Waals surface area contributed by atoms with E-state index in [-0.39, 0.29) is 11.1 Å². The Morgan fingerprint density at radius 2 is 1.74 bits per heavy atom. The van der Waals surface area contributed by atoms with E-state index in [0.717, 1.165) is 16.0 Å². The summed E-state index contributed by atoms with van der Waals surface area (Å²) in [6.45, 7) is 3.46. The van der Waals surface area contributed by atoms with E-state index in [1.165, 1.54) is 0 Å². The Balaban J connectivity index is 1.78. The monoisotopic (exact) mass is 428 g/mol. The van der Waals surface area contributed by atoms with Crippen molar-refractivity contribution in [2.75, 3.05) is 4.90 Å². The number of hydrogen-bond acceptors (Lipinski definition) is 4. The minimum atomic E-state index is -0.631. The molecule has 0 unspecified atom stereocenters. The smallest absolute Gasteiger partial charge is 0.276 e. The first-order valence-electron chi connectivity index (χ1n) is 9.53. The van der Waals surface area contributed by atoms with Crippen LogP contribution in [-0.4, -0.2) is 11.8 Å². The van der Waals surface area contributed by atoms with E-state index < -0.39 is 11.8 Å². The summed E-state index contributed by atoms with van der Waals surface area (Å²) in [4.78, 5) is 27.2. The quantitative estimate of drug-likeness (QED) is 0.396. The van der Waals surface area contributed by atoms with E-state index in [1.807, 2.05) is 31.2 Å². The molecule has 0 aliphatic carbocycles. The zero-order valence-electron chi connectivity index (χ0n) is 16.8. The van der Waals surface area contributed by atoms with Gasteiger partial charge >= 0.3 is 0 Å². The Kier molecular flexibility index (Phi) is 5.33. The van der Waals surface area contributed by atoms with E-state index in [2.05, 4.69) is 0 Å². The zero-order chi connectivity index (χ0) is 22.1. The number of carbonyl (C=O) groups excluding carboxylic acids is 2. The predicted molar refractivity (Wildman–Crippen MR) is 119 cm³/mol. The highest BCUT2D eigenvalue weighted by molar-refractivity contribution is 6.32. The number of nitrogens with zero attached hydrogens (tertiary/aromatic N) is 2. The summed E-state index contributed by atoms with van der Waals surface area (Å²) >= 11 is 5.94. The molecule has 2 amide bonds. The van der Waals surface area contributed by atoms with Crippen LogP contribution in [0, 0.1) is 18.3 Å². The lowest BCUT2D eigenvalue weighted by Crippen LogP contribution is -2.42. The Morgan fingerprint density at radius 1 is 1.00 bits per heavy atom. The molecule has 0 fully saturated rings. The summed E-state index contributed by atoms with van der Waals surface area (Å²) in [6, 6.07) is 19.7. The van der Waals surface area contributed by atoms with Crippen molar-refractivity contribution >= 4 is 35.2 Å². The fraction of sp³-hybridized carbons (Fsp3) is 0.0800. The van der Waals surface area contributed by atoms with Gasteiger partial charge in [-0.3, -0.25) is 9.59 Å². The Morgan fingerprint density at radius 3 is 2.42 bits per heavy atom. The summed E-state index contributed by atoms with van der Waals surface area (Å²) in [5.41, 5.74) is 2.64. The SMILES string of the molecule is CC1=C(C#N)C(=O)N(c2cccc(C)c2)C(=O)/C1=C/c1ccc(-c2ccc(Cl)cc2)o1. The van der Waals surface area contributed by atoms with Crippen LogP contribution in [0.3, 0.4) is 0 Å². The number of nitriles is 1. The number of aryl methyl sites for hydroxylation is 1. The van der Waals surface area contributed by atoms with E-state index in [1.54, 1.807) is 55.5 Å². The van der Waals surface area contributed by atoms with Crippen LogP contribution in [0.1, 0.15) is 18.2 Å². The number of carbonyl (C=O) groups is 2. The fourth-order valence-electron chi connectivity index (χ4n) is 3.43. The molecule has 0 bridgehead atoms. The maximum Gasteiger partial charge on any atom is 0.276 e. The molecule has 3 aromatic rings. The second-order valence-corrected chi connectivity index (χ2v) is 7.60. The van der Waals surface area contributed by atoms with Gasteiger partial charge in [0.25, 0.3) is 11.8 Å². The highest BCUT2D eigenvalue weighted by Gasteiger charge is 2.36. The Bertz CT molecular complexity index is 1310. The number of amides is 2. The number of halogens is 1. The van der Waals surface area contributed by atoms with Gasteiger partial charge in [0, 0.05) is 16.2 Å². The summed E-state index contributed by atoms with van der Waals surface area (Å²) in [5, 5.41) is 10.2. The lowest BCUT2D eigenvalue weighted by atomic mass is 9.94. The summed E-state index contributed by atoms with van der Waals surface area (Å²) in [7, 11) is 0. The molecule has 2 aromatic carbocycles. The topological polar surface area (TPSA) is 74.3 Å². The highest BCUT2D eigenvalue weighted by Crippen LogP contribution is 2.32. The number of hydrogen-bond donors (Lipinski definition) is 0. The summed E-state index contributed by atoms with van der Waals surface area (Å²) in [6.07, 6.45) is 1.56. The van der Waals surface area contributed by atoms with Gasteiger partial charge in [-0.25, -0.2) is 4.90 Å². The first kappa shape index (κ1) is 20.4. The van der Waals surface area contributed by atoms with Gasteiger partial charge in [0.15, 0.2) is 0 Å². The molecule has 6 heteroatoms. The van der Waals surface area contributed by atoms with Gasteiger partial charge in [0.1, 0.15) is 23.2 Å². The number of imide groups is 1. The molecule has 31 heavy (non-hydrogen) atoms. The van der Waals surface area contributed by atoms with E-state index in [9.17, 15) is 14.9 Å². The van der Waals surface area contributed by atoms with Crippen molar-refractivity contribution in [2.45, 2.75) is 13.8 Å². The third-order valence-corrected chi connectivity index (χ3v) is 5.30. The molecule has 5 nitrogen and oxygen atoms in total. The molecule has 0 radical (unpaired) electrons. The molecule has 0 saturated carbocycles. The first-order chi connectivity index (χ1) is 14.9. The minimum absolute atomic E-state index is 0.0724. The molecule has 4 rings (SSSR count). The second kappa shape index (κ2) is 8.10. The molecular weight excluding hydrogens is 412 g/mol. The molecular formula is C25H17ClN2O3. The largest absolute Gasteiger partial charge is 0.457 e. The number of rotatable bonds is 3. The Hall–Kier alpha value is -3.88. The maximum absolute atomic E-state index is 13.3. The summed E-state index contributed by atoms with van der Waals surface area (Å²) in [5.74, 6) is -0.0883. The Labute approximate surface area is 184 Å². The van der Waals surface area contributed by atoms with Gasteiger partial charge in [-0.15, -0.1) is 0 Å².